The summed E-state index contributed by atoms with van der Waals surface area (Å²) in [5.74, 6) is -5.35. The lowest BCUT2D eigenvalue weighted by Gasteiger charge is -2.23. The Morgan fingerprint density at radius 2 is 1.52 bits per heavy atom. The first-order valence-electron chi connectivity index (χ1n) is 20.5. The van der Waals surface area contributed by atoms with Crippen LogP contribution < -0.4 is 53.7 Å². The molecule has 0 aromatic heterocycles. The van der Waals surface area contributed by atoms with Crippen LogP contribution in [0.15, 0.2) is 30.3 Å². The topological polar surface area (TPSA) is 328 Å². The molecule has 3 rings (SSSR count). The molecule has 61 heavy (non-hydrogen) atoms. The number of nitrogens with one attached hydrogen (secondary N) is 9. The van der Waals surface area contributed by atoms with Gasteiger partial charge in [-0.2, -0.15) is 11.8 Å². The zero-order valence-electron chi connectivity index (χ0n) is 34.3. The predicted octanol–water partition coefficient (Wildman–Crippen LogP) is -2.28. The first-order valence-corrected chi connectivity index (χ1v) is 21.5. The van der Waals surface area contributed by atoms with Crippen LogP contribution in [0.1, 0.15) is 76.7 Å². The Labute approximate surface area is 358 Å². The van der Waals surface area contributed by atoms with Gasteiger partial charge in [-0.15, -0.1) is 0 Å². The maximum atomic E-state index is 13.2. The van der Waals surface area contributed by atoms with Gasteiger partial charge in [-0.1, -0.05) is 36.8 Å². The number of fused-ring (bicyclic) bond motifs is 1. The summed E-state index contributed by atoms with van der Waals surface area (Å²) in [6.45, 7) is 0.414. The van der Waals surface area contributed by atoms with Crippen LogP contribution in [0.3, 0.4) is 0 Å². The van der Waals surface area contributed by atoms with E-state index in [1.54, 1.807) is 30.3 Å². The number of rotatable bonds is 28. The number of hydroxylamine groups is 1. The molecule has 2 aliphatic heterocycles. The maximum absolute atomic E-state index is 13.2. The molecule has 21 nitrogen and oxygen atoms in total. The lowest BCUT2D eigenvalue weighted by atomic mass is 9.97. The smallest absolute Gasteiger partial charge is 0.315 e. The van der Waals surface area contributed by atoms with Gasteiger partial charge in [-0.05, 0) is 57.4 Å². The number of primary amides is 1. The molecular weight excluding hydrogens is 817 g/mol. The number of hydrogen-bond donors (Lipinski definition) is 12. The van der Waals surface area contributed by atoms with E-state index in [2.05, 4.69) is 42.5 Å². The molecule has 10 amide bonds. The molecule has 0 bridgehead atoms. The van der Waals surface area contributed by atoms with Gasteiger partial charge in [-0.25, -0.2) is 10.3 Å². The fourth-order valence-corrected chi connectivity index (χ4v) is 8.36. The van der Waals surface area contributed by atoms with Gasteiger partial charge in [0.15, 0.2) is 0 Å². The van der Waals surface area contributed by atoms with Crippen LogP contribution in [-0.4, -0.2) is 131 Å². The van der Waals surface area contributed by atoms with Crippen molar-refractivity contribution in [3.63, 3.8) is 0 Å². The Bertz CT molecular complexity index is 1670. The molecule has 1 aromatic rings. The molecule has 0 spiro atoms. The van der Waals surface area contributed by atoms with Gasteiger partial charge in [0, 0.05) is 49.3 Å². The van der Waals surface area contributed by atoms with Crippen molar-refractivity contribution in [2.75, 3.05) is 32.0 Å². The molecule has 1 unspecified atom stereocenters. The Morgan fingerprint density at radius 1 is 0.787 bits per heavy atom. The second-order valence-corrected chi connectivity index (χ2v) is 16.3. The summed E-state index contributed by atoms with van der Waals surface area (Å²) in [5.41, 5.74) is 7.60. The fourth-order valence-electron chi connectivity index (χ4n) is 6.81. The highest BCUT2D eigenvalue weighted by Crippen LogP contribution is 2.33. The minimum atomic E-state index is -1.20. The number of thioether (sulfide) groups is 1. The molecule has 2 fully saturated rings. The minimum absolute atomic E-state index is 0.0161. The number of amides is 10. The van der Waals surface area contributed by atoms with Crippen molar-refractivity contribution in [1.82, 2.24) is 48.0 Å². The van der Waals surface area contributed by atoms with Crippen LogP contribution in [0.5, 0.6) is 0 Å². The van der Waals surface area contributed by atoms with Gasteiger partial charge in [0.25, 0.3) is 0 Å². The number of aliphatic hydroxyl groups is 1. The molecule has 1 aromatic carbocycles. The Kier molecular flexibility index (Phi) is 21.8. The largest absolute Gasteiger partial charge is 0.396 e. The number of urea groups is 1. The molecule has 2 heterocycles. The average Bonchev–Trinajstić information content (AvgIpc) is 3.80. The van der Waals surface area contributed by atoms with Crippen LogP contribution >= 0.6 is 11.8 Å². The highest BCUT2D eigenvalue weighted by molar-refractivity contribution is 8.00. The van der Waals surface area contributed by atoms with Crippen molar-refractivity contribution in [1.29, 1.82) is 0 Å². The van der Waals surface area contributed by atoms with Gasteiger partial charge in [0.05, 0.1) is 25.2 Å². The van der Waals surface area contributed by atoms with E-state index in [4.69, 9.17) is 16.0 Å². The summed E-state index contributed by atoms with van der Waals surface area (Å²) in [7, 11) is 0. The number of carbonyl (C=O) groups excluding carboxylic acids is 9. The van der Waals surface area contributed by atoms with Crippen LogP contribution in [0.25, 0.3) is 0 Å². The van der Waals surface area contributed by atoms with Crippen molar-refractivity contribution in [2.24, 2.45) is 11.7 Å². The van der Waals surface area contributed by atoms with Crippen LogP contribution in [0, 0.1) is 5.92 Å². The second-order valence-electron chi connectivity index (χ2n) is 15.0. The molecule has 338 valence electrons. The molecule has 13 N–H and O–H groups in total. The van der Waals surface area contributed by atoms with Crippen molar-refractivity contribution < 1.29 is 53.5 Å². The van der Waals surface area contributed by atoms with Gasteiger partial charge in [-0.3, -0.25) is 43.6 Å². The van der Waals surface area contributed by atoms with E-state index in [9.17, 15) is 43.2 Å². The third kappa shape index (κ3) is 18.4. The van der Waals surface area contributed by atoms with E-state index in [0.29, 0.717) is 36.6 Å². The summed E-state index contributed by atoms with van der Waals surface area (Å²) in [6.07, 6.45) is 4.01. The summed E-state index contributed by atoms with van der Waals surface area (Å²) < 4.78 is 0. The van der Waals surface area contributed by atoms with E-state index in [1.165, 1.54) is 12.4 Å². The maximum Gasteiger partial charge on any atom is 0.315 e. The van der Waals surface area contributed by atoms with E-state index >= 15 is 0 Å². The Balaban J connectivity index is 1.36. The monoisotopic (exact) mass is 876 g/mol. The summed E-state index contributed by atoms with van der Waals surface area (Å²) in [5, 5.41) is 39.4. The van der Waals surface area contributed by atoms with Gasteiger partial charge >= 0.3 is 6.03 Å². The molecule has 0 aliphatic carbocycles. The lowest BCUT2D eigenvalue weighted by molar-refractivity contribution is -0.136. The zero-order chi connectivity index (χ0) is 44.7. The van der Waals surface area contributed by atoms with Crippen molar-refractivity contribution in [3.8, 4) is 0 Å². The minimum Gasteiger partial charge on any atom is -0.396 e. The molecule has 7 atom stereocenters. The summed E-state index contributed by atoms with van der Waals surface area (Å²) >= 11 is 1.83. The average molecular weight is 877 g/mol. The normalized spacial score (nSPS) is 18.4. The number of carbonyl (C=O) groups is 9. The lowest BCUT2D eigenvalue weighted by Crippen LogP contribution is -2.55. The SMILES string of the molecule is C[C@H](NC(=O)C(CCCO)CC(=O)NO)C(=O)N[C@@H](Cc1ccccc1)C(=O)NCC(=O)NCC(=O)N[C@@H](CCCCNC(=O)CCCC[C@@H]1SC[C@@H]2NC(=O)N[C@@H]21)C(N)=O. The zero-order valence-corrected chi connectivity index (χ0v) is 35.1. The standard InChI is InChI=1S/C39H60N10O11S/c1-23(44-37(57)25(12-9-17-50)19-31(52)49-60)36(56)46-27(18-24-10-3-2-4-11-24)38(58)43-20-32(53)42-21-33(54)45-26(35(40)55)13-7-8-16-41-30(51)15-6-5-14-29-34-28(22-61-29)47-39(59)48-34/h2-4,10-11,23,25-29,34,50,60H,5-9,12-22H2,1H3,(H2,40,55)(H,41,51)(H,42,53)(H,43,58)(H,44,57)(H,45,54)(H,46,56)(H,49,52)(H2,47,48,59)/t23-,25?,26-,27-,28-,29-,34-/m0/s1. The van der Waals surface area contributed by atoms with E-state index in [-0.39, 0.29) is 62.7 Å². The number of nitrogens with two attached hydrogens (primary N) is 1. The van der Waals surface area contributed by atoms with E-state index in [1.807, 2.05) is 11.8 Å². The second kappa shape index (κ2) is 26.7. The van der Waals surface area contributed by atoms with Crippen LogP contribution in [0.2, 0.25) is 0 Å². The van der Waals surface area contributed by atoms with Crippen molar-refractivity contribution >= 4 is 65.1 Å². The van der Waals surface area contributed by atoms with Gasteiger partial charge in [0.1, 0.15) is 18.1 Å². The van der Waals surface area contributed by atoms with Crippen LogP contribution in [0.4, 0.5) is 4.79 Å². The van der Waals surface area contributed by atoms with Gasteiger partial charge < -0.3 is 53.4 Å². The molecular formula is C39H60N10O11S. The Morgan fingerprint density at radius 3 is 2.23 bits per heavy atom. The Hall–Kier alpha value is -5.48. The molecule has 2 aliphatic rings. The first-order chi connectivity index (χ1) is 29.2. The quantitative estimate of drug-likeness (QED) is 0.0183. The van der Waals surface area contributed by atoms with Crippen LogP contribution in [-0.2, 0) is 44.8 Å². The van der Waals surface area contributed by atoms with E-state index in [0.717, 1.165) is 25.0 Å². The molecule has 22 heteroatoms. The predicted molar refractivity (Wildman–Crippen MR) is 222 cm³/mol. The van der Waals surface area contributed by atoms with Gasteiger partial charge in [0.2, 0.25) is 47.3 Å². The highest BCUT2D eigenvalue weighted by Gasteiger charge is 2.42. The van der Waals surface area contributed by atoms with Crippen molar-refractivity contribution in [2.45, 2.75) is 113 Å². The van der Waals surface area contributed by atoms with E-state index < -0.39 is 78.5 Å². The summed E-state index contributed by atoms with van der Waals surface area (Å²) in [6, 6.07) is 5.48. The third-order valence-corrected chi connectivity index (χ3v) is 11.7. The summed E-state index contributed by atoms with van der Waals surface area (Å²) in [4.78, 5) is 112. The number of aliphatic hydroxyl groups excluding tert-OH is 1. The number of benzene rings is 1. The van der Waals surface area contributed by atoms with Crippen molar-refractivity contribution in [3.05, 3.63) is 35.9 Å². The highest BCUT2D eigenvalue weighted by atomic mass is 32.2. The molecule has 0 saturated carbocycles. The molecule has 2 saturated heterocycles. The number of unbranched alkanes of at least 4 members (excludes halogenated alkanes) is 2. The number of hydrogen-bond acceptors (Lipinski definition) is 12. The third-order valence-electron chi connectivity index (χ3n) is 10.2. The fraction of sp³-hybridized carbons (Fsp3) is 0.615. The molecule has 0 radical (unpaired) electrons. The first kappa shape index (κ1) is 49.9.